The van der Waals surface area contributed by atoms with E-state index in [0.717, 1.165) is 17.9 Å². The molecule has 0 aliphatic carbocycles. The number of anilines is 2. The first-order chi connectivity index (χ1) is 24.5. The lowest BCUT2D eigenvalue weighted by molar-refractivity contribution is 0.965. The van der Waals surface area contributed by atoms with Crippen molar-refractivity contribution in [3.63, 3.8) is 0 Å². The number of benzene rings is 5. The molecule has 0 spiro atoms. The molecule has 0 unspecified atom stereocenters. The molecule has 1 aliphatic rings. The van der Waals surface area contributed by atoms with Crippen LogP contribution in [0.1, 0.15) is 22.3 Å². The molecule has 0 radical (unpaired) electrons. The highest BCUT2D eigenvalue weighted by Crippen LogP contribution is 2.46. The maximum absolute atomic E-state index is 4.60. The molecule has 0 amide bonds. The van der Waals surface area contributed by atoms with Gasteiger partial charge in [0.15, 0.2) is 0 Å². The monoisotopic (exact) mass is 665 g/mol. The lowest BCUT2D eigenvalue weighted by Crippen LogP contribution is -2.25. The maximum atomic E-state index is 4.60. The second-order valence-electron chi connectivity index (χ2n) is 13.1. The van der Waals surface area contributed by atoms with Crippen molar-refractivity contribution in [3.05, 3.63) is 174 Å². The van der Waals surface area contributed by atoms with Crippen LogP contribution in [0.25, 0.3) is 54.4 Å². The van der Waals surface area contributed by atoms with Gasteiger partial charge in [-0.2, -0.15) is 0 Å². The van der Waals surface area contributed by atoms with Crippen molar-refractivity contribution < 1.29 is 0 Å². The van der Waals surface area contributed by atoms with E-state index >= 15 is 0 Å². The third kappa shape index (κ3) is 5.82. The Balaban J connectivity index is 1.11. The van der Waals surface area contributed by atoms with E-state index < -0.39 is 0 Å². The average molecular weight is 666 g/mol. The van der Waals surface area contributed by atoms with Gasteiger partial charge in [0.2, 0.25) is 0 Å². The van der Waals surface area contributed by atoms with Gasteiger partial charge in [-0.05, 0) is 114 Å². The van der Waals surface area contributed by atoms with Crippen LogP contribution in [-0.2, 0) is 0 Å². The molecule has 4 heteroatoms. The van der Waals surface area contributed by atoms with Crippen LogP contribution in [0.5, 0.6) is 0 Å². The van der Waals surface area contributed by atoms with Gasteiger partial charge >= 0.3 is 0 Å². The molecule has 0 bridgehead atoms. The van der Waals surface area contributed by atoms with Crippen LogP contribution >= 0.6 is 11.3 Å². The minimum Gasteiger partial charge on any atom is -0.328 e. The zero-order chi connectivity index (χ0) is 34.2. The molecule has 0 fully saturated rings. The van der Waals surface area contributed by atoms with Gasteiger partial charge < -0.3 is 9.80 Å². The van der Waals surface area contributed by atoms with E-state index in [1.54, 1.807) is 0 Å². The topological polar surface area (TPSA) is 19.4 Å². The molecule has 0 N–H and O–H groups in total. The van der Waals surface area contributed by atoms with Crippen molar-refractivity contribution in [2.75, 3.05) is 16.5 Å². The summed E-state index contributed by atoms with van der Waals surface area (Å²) in [4.78, 5) is 11.9. The molecular formula is C46H39N3S. The van der Waals surface area contributed by atoms with Crippen molar-refractivity contribution in [1.29, 1.82) is 0 Å². The van der Waals surface area contributed by atoms with Crippen LogP contribution in [0.4, 0.5) is 11.4 Å². The third-order valence-electron chi connectivity index (χ3n) is 9.89. The molecule has 50 heavy (non-hydrogen) atoms. The van der Waals surface area contributed by atoms with Crippen LogP contribution in [0, 0.1) is 27.7 Å². The Hall–Kier alpha value is -5.71. The lowest BCUT2D eigenvalue weighted by atomic mass is 9.90. The van der Waals surface area contributed by atoms with Crippen LogP contribution in [0.2, 0.25) is 0 Å². The van der Waals surface area contributed by atoms with Gasteiger partial charge in [-0.25, -0.2) is 0 Å². The van der Waals surface area contributed by atoms with E-state index in [-0.39, 0.29) is 0 Å². The fourth-order valence-electron chi connectivity index (χ4n) is 7.19. The predicted molar refractivity (Wildman–Crippen MR) is 214 cm³/mol. The van der Waals surface area contributed by atoms with E-state index in [1.807, 2.05) is 29.7 Å². The molecule has 244 valence electrons. The molecule has 0 atom stereocenters. The SMILES string of the molecule is Cc1cccc(C)c1N1C=CN(c2ccc(-c3sc(-c4ccccc4-c4ccccc4-c4cccc(-c5ccccn5)c4)c(C)c3C)cc2)C1. The summed E-state index contributed by atoms with van der Waals surface area (Å²) in [6.45, 7) is 9.72. The van der Waals surface area contributed by atoms with Gasteiger partial charge in [0.25, 0.3) is 0 Å². The summed E-state index contributed by atoms with van der Waals surface area (Å²) >= 11 is 1.90. The van der Waals surface area contributed by atoms with Gasteiger partial charge in [-0.3, -0.25) is 4.98 Å². The van der Waals surface area contributed by atoms with Crippen LogP contribution in [0.3, 0.4) is 0 Å². The Labute approximate surface area is 299 Å². The van der Waals surface area contributed by atoms with Crippen LogP contribution < -0.4 is 9.80 Å². The third-order valence-corrected chi connectivity index (χ3v) is 11.4. The molecule has 3 nitrogen and oxygen atoms in total. The number of nitrogens with zero attached hydrogens (tertiary/aromatic N) is 3. The lowest BCUT2D eigenvalue weighted by Gasteiger charge is -2.24. The molecule has 2 aromatic heterocycles. The van der Waals surface area contributed by atoms with E-state index in [2.05, 4.69) is 176 Å². The van der Waals surface area contributed by atoms with E-state index in [9.17, 15) is 0 Å². The first kappa shape index (κ1) is 31.6. The summed E-state index contributed by atoms with van der Waals surface area (Å²) in [5.74, 6) is 0. The van der Waals surface area contributed by atoms with E-state index in [0.29, 0.717) is 0 Å². The molecule has 3 heterocycles. The summed E-state index contributed by atoms with van der Waals surface area (Å²) in [5, 5.41) is 0. The number of thiophene rings is 1. The molecule has 7 aromatic rings. The fourth-order valence-corrected chi connectivity index (χ4v) is 8.55. The zero-order valence-corrected chi connectivity index (χ0v) is 29.7. The normalized spacial score (nSPS) is 12.6. The number of rotatable bonds is 7. The quantitative estimate of drug-likeness (QED) is 0.169. The smallest absolute Gasteiger partial charge is 0.0989 e. The fraction of sp³-hybridized carbons (Fsp3) is 0.109. The molecule has 5 aromatic carbocycles. The van der Waals surface area contributed by atoms with E-state index in [4.69, 9.17) is 0 Å². The summed E-state index contributed by atoms with van der Waals surface area (Å²) in [7, 11) is 0. The van der Waals surface area contributed by atoms with Gasteiger partial charge in [-0.15, -0.1) is 11.3 Å². The Bertz CT molecular complexity index is 2330. The minimum atomic E-state index is 0.804. The van der Waals surface area contributed by atoms with Gasteiger partial charge in [0.1, 0.15) is 0 Å². The van der Waals surface area contributed by atoms with Crippen LogP contribution in [0.15, 0.2) is 152 Å². The Morgan fingerprint density at radius 2 is 1.10 bits per heavy atom. The van der Waals surface area contributed by atoms with Crippen molar-refractivity contribution >= 4 is 22.7 Å². The van der Waals surface area contributed by atoms with Crippen molar-refractivity contribution in [2.45, 2.75) is 27.7 Å². The van der Waals surface area contributed by atoms with Gasteiger partial charge in [0.05, 0.1) is 12.4 Å². The standard InChI is InChI=1S/C46H39N3S/c1-31-13-11-14-32(2)44(31)49-28-27-48(30-49)38-24-22-35(23-25-38)45-33(3)34(4)46(50-45)42-20-8-7-19-41(42)40-18-6-5-17-39(40)36-15-12-16-37(29-36)43-21-9-10-26-47-43/h5-29H,30H2,1-4H3. The minimum absolute atomic E-state index is 0.804. The first-order valence-electron chi connectivity index (χ1n) is 17.1. The van der Waals surface area contributed by atoms with Crippen molar-refractivity contribution in [1.82, 2.24) is 4.98 Å². The van der Waals surface area contributed by atoms with Crippen molar-refractivity contribution in [3.8, 4) is 54.4 Å². The van der Waals surface area contributed by atoms with Gasteiger partial charge in [-0.1, -0.05) is 103 Å². The summed E-state index contributed by atoms with van der Waals surface area (Å²) in [6.07, 6.45) is 6.23. The molecular weight excluding hydrogens is 627 g/mol. The number of pyridine rings is 1. The predicted octanol–water partition coefficient (Wildman–Crippen LogP) is 12.5. The van der Waals surface area contributed by atoms with E-state index in [1.165, 1.54) is 76.8 Å². The van der Waals surface area contributed by atoms with Gasteiger partial charge in [0, 0.05) is 45.3 Å². The van der Waals surface area contributed by atoms with Crippen molar-refractivity contribution in [2.24, 2.45) is 0 Å². The second-order valence-corrected chi connectivity index (χ2v) is 14.1. The average Bonchev–Trinajstić information content (AvgIpc) is 3.76. The largest absolute Gasteiger partial charge is 0.328 e. The Morgan fingerprint density at radius 3 is 1.82 bits per heavy atom. The van der Waals surface area contributed by atoms with Crippen LogP contribution in [-0.4, -0.2) is 11.7 Å². The highest BCUT2D eigenvalue weighted by Gasteiger charge is 2.21. The molecule has 0 saturated carbocycles. The Kier molecular flexibility index (Phi) is 8.39. The molecule has 0 saturated heterocycles. The highest BCUT2D eigenvalue weighted by molar-refractivity contribution is 7.19. The number of hydrogen-bond acceptors (Lipinski definition) is 4. The maximum Gasteiger partial charge on any atom is 0.0989 e. The summed E-state index contributed by atoms with van der Waals surface area (Å²) in [6, 6.07) is 48.0. The Morgan fingerprint density at radius 1 is 0.500 bits per heavy atom. The zero-order valence-electron chi connectivity index (χ0n) is 28.9. The highest BCUT2D eigenvalue weighted by atomic mass is 32.1. The molecule has 8 rings (SSSR count). The number of aryl methyl sites for hydroxylation is 2. The summed E-state index contributed by atoms with van der Waals surface area (Å²) < 4.78 is 0. The number of para-hydroxylation sites is 1. The number of aromatic nitrogens is 1. The molecule has 1 aliphatic heterocycles. The number of hydrogen-bond donors (Lipinski definition) is 0. The first-order valence-corrected chi connectivity index (χ1v) is 18.0. The second kappa shape index (κ2) is 13.3. The summed E-state index contributed by atoms with van der Waals surface area (Å²) in [5.41, 5.74) is 17.2.